The third-order valence-electron chi connectivity index (χ3n) is 2.02. The Hall–Kier alpha value is -1.97. The average molecular weight is 220 g/mol. The first-order valence-corrected chi connectivity index (χ1v) is 4.75. The molecular formula is C12H12O4. The van der Waals surface area contributed by atoms with Gasteiger partial charge in [-0.1, -0.05) is 12.1 Å². The molecule has 0 N–H and O–H groups in total. The molecule has 0 saturated carbocycles. The van der Waals surface area contributed by atoms with Gasteiger partial charge in [0.2, 0.25) is 0 Å². The van der Waals surface area contributed by atoms with Gasteiger partial charge >= 0.3 is 5.97 Å². The lowest BCUT2D eigenvalue weighted by molar-refractivity contribution is -0.116. The molecule has 0 aliphatic rings. The number of esters is 1. The highest BCUT2D eigenvalue weighted by Crippen LogP contribution is 2.09. The molecule has 4 nitrogen and oxygen atoms in total. The number of carbonyl (C=O) groups excluding carboxylic acids is 3. The number of hydrogen-bond donors (Lipinski definition) is 0. The van der Waals surface area contributed by atoms with E-state index in [1.54, 1.807) is 18.2 Å². The molecule has 0 aliphatic heterocycles. The van der Waals surface area contributed by atoms with Gasteiger partial charge in [0, 0.05) is 5.56 Å². The second kappa shape index (κ2) is 5.21. The van der Waals surface area contributed by atoms with Gasteiger partial charge < -0.3 is 4.74 Å². The summed E-state index contributed by atoms with van der Waals surface area (Å²) < 4.78 is 4.53. The van der Waals surface area contributed by atoms with Crippen LogP contribution in [0.1, 0.15) is 34.1 Å². The van der Waals surface area contributed by atoms with Crippen molar-refractivity contribution in [1.82, 2.24) is 0 Å². The lowest BCUT2D eigenvalue weighted by Gasteiger charge is -2.02. The second-order valence-corrected chi connectivity index (χ2v) is 3.37. The molecule has 0 radical (unpaired) electrons. The predicted octanol–water partition coefficient (Wildman–Crippen LogP) is 1.64. The van der Waals surface area contributed by atoms with E-state index in [0.29, 0.717) is 11.1 Å². The van der Waals surface area contributed by atoms with Crippen LogP contribution in [-0.2, 0) is 9.53 Å². The fraction of sp³-hybridized carbons (Fsp3) is 0.250. The van der Waals surface area contributed by atoms with Crippen molar-refractivity contribution in [3.05, 3.63) is 35.4 Å². The molecular weight excluding hydrogens is 208 g/mol. The lowest BCUT2D eigenvalue weighted by atomic mass is 10.0. The Morgan fingerprint density at radius 2 is 1.81 bits per heavy atom. The third-order valence-corrected chi connectivity index (χ3v) is 2.02. The quantitative estimate of drug-likeness (QED) is 0.439. The summed E-state index contributed by atoms with van der Waals surface area (Å²) in [6.45, 7) is 1.35. The summed E-state index contributed by atoms with van der Waals surface area (Å²) >= 11 is 0. The monoisotopic (exact) mass is 220 g/mol. The number of ketones is 2. The number of carbonyl (C=O) groups is 3. The first-order chi connectivity index (χ1) is 7.54. The molecule has 0 bridgehead atoms. The van der Waals surface area contributed by atoms with Gasteiger partial charge in [0.1, 0.15) is 5.78 Å². The maximum atomic E-state index is 11.5. The summed E-state index contributed by atoms with van der Waals surface area (Å²) in [7, 11) is 1.27. The Bertz CT molecular complexity index is 434. The molecule has 0 fully saturated rings. The first kappa shape index (κ1) is 12.1. The van der Waals surface area contributed by atoms with Crippen LogP contribution in [0, 0.1) is 0 Å². The van der Waals surface area contributed by atoms with E-state index in [-0.39, 0.29) is 18.0 Å². The number of benzene rings is 1. The zero-order valence-corrected chi connectivity index (χ0v) is 9.15. The van der Waals surface area contributed by atoms with E-state index in [1.807, 2.05) is 0 Å². The van der Waals surface area contributed by atoms with E-state index < -0.39 is 5.97 Å². The van der Waals surface area contributed by atoms with Gasteiger partial charge in [-0.25, -0.2) is 4.79 Å². The molecule has 0 amide bonds. The van der Waals surface area contributed by atoms with E-state index in [4.69, 9.17) is 0 Å². The van der Waals surface area contributed by atoms with Crippen molar-refractivity contribution in [3.63, 3.8) is 0 Å². The van der Waals surface area contributed by atoms with Crippen LogP contribution in [0.15, 0.2) is 24.3 Å². The Kier molecular flexibility index (Phi) is 3.94. The molecule has 0 aliphatic carbocycles. The van der Waals surface area contributed by atoms with Gasteiger partial charge in [0.15, 0.2) is 5.78 Å². The molecule has 1 rings (SSSR count). The maximum absolute atomic E-state index is 11.5. The largest absolute Gasteiger partial charge is 0.465 e. The Morgan fingerprint density at radius 3 is 2.38 bits per heavy atom. The van der Waals surface area contributed by atoms with Gasteiger partial charge in [-0.2, -0.15) is 0 Å². The maximum Gasteiger partial charge on any atom is 0.337 e. The van der Waals surface area contributed by atoms with Crippen LogP contribution in [0.5, 0.6) is 0 Å². The molecule has 0 saturated heterocycles. The molecule has 1 aromatic rings. The van der Waals surface area contributed by atoms with Gasteiger partial charge in [-0.3, -0.25) is 9.59 Å². The van der Waals surface area contributed by atoms with Crippen LogP contribution in [0.2, 0.25) is 0 Å². The number of hydrogen-bond acceptors (Lipinski definition) is 4. The normalized spacial score (nSPS) is 9.62. The minimum atomic E-state index is -0.502. The van der Waals surface area contributed by atoms with Gasteiger partial charge in [-0.15, -0.1) is 0 Å². The Balaban J connectivity index is 2.94. The zero-order valence-electron chi connectivity index (χ0n) is 9.15. The fourth-order valence-electron chi connectivity index (χ4n) is 1.27. The molecule has 16 heavy (non-hydrogen) atoms. The number of Topliss-reactive ketones (excluding diaryl/α,β-unsaturated/α-hetero) is 2. The third kappa shape index (κ3) is 3.02. The van der Waals surface area contributed by atoms with Crippen molar-refractivity contribution >= 4 is 17.5 Å². The average Bonchev–Trinajstić information content (AvgIpc) is 2.27. The van der Waals surface area contributed by atoms with E-state index >= 15 is 0 Å². The van der Waals surface area contributed by atoms with Crippen molar-refractivity contribution in [2.24, 2.45) is 0 Å². The van der Waals surface area contributed by atoms with Crippen LogP contribution in [-0.4, -0.2) is 24.6 Å². The molecule has 1 aromatic carbocycles. The van der Waals surface area contributed by atoms with Crippen molar-refractivity contribution in [3.8, 4) is 0 Å². The van der Waals surface area contributed by atoms with Gasteiger partial charge in [0.05, 0.1) is 19.1 Å². The molecule has 0 unspecified atom stereocenters. The summed E-state index contributed by atoms with van der Waals surface area (Å²) in [6, 6.07) is 6.13. The van der Waals surface area contributed by atoms with Crippen LogP contribution in [0.25, 0.3) is 0 Å². The highest BCUT2D eigenvalue weighted by atomic mass is 16.5. The van der Waals surface area contributed by atoms with Crippen LogP contribution < -0.4 is 0 Å². The summed E-state index contributed by atoms with van der Waals surface area (Å²) in [5.74, 6) is -0.996. The number of ether oxygens (including phenoxy) is 1. The topological polar surface area (TPSA) is 60.4 Å². The SMILES string of the molecule is COC(=O)c1cccc(C(=O)CC(C)=O)c1. The molecule has 0 heterocycles. The van der Waals surface area contributed by atoms with Crippen LogP contribution >= 0.6 is 0 Å². The smallest absolute Gasteiger partial charge is 0.337 e. The lowest BCUT2D eigenvalue weighted by Crippen LogP contribution is -2.07. The second-order valence-electron chi connectivity index (χ2n) is 3.37. The highest BCUT2D eigenvalue weighted by Gasteiger charge is 2.11. The Labute approximate surface area is 93.2 Å². The summed E-state index contributed by atoms with van der Waals surface area (Å²) in [5, 5.41) is 0. The van der Waals surface area contributed by atoms with E-state index in [0.717, 1.165) is 0 Å². The fourth-order valence-corrected chi connectivity index (χ4v) is 1.27. The van der Waals surface area contributed by atoms with Crippen molar-refractivity contribution in [1.29, 1.82) is 0 Å². The van der Waals surface area contributed by atoms with Gasteiger partial charge in [0.25, 0.3) is 0 Å². The van der Waals surface area contributed by atoms with Crippen LogP contribution in [0.4, 0.5) is 0 Å². The van der Waals surface area contributed by atoms with Crippen molar-refractivity contribution < 1.29 is 19.1 Å². The summed E-state index contributed by atoms with van der Waals surface area (Å²) in [5.41, 5.74) is 0.648. The summed E-state index contributed by atoms with van der Waals surface area (Å²) in [6.07, 6.45) is -0.148. The predicted molar refractivity (Wildman–Crippen MR) is 57.4 cm³/mol. The number of methoxy groups -OCH3 is 1. The highest BCUT2D eigenvalue weighted by molar-refractivity contribution is 6.08. The van der Waals surface area contributed by atoms with E-state index in [2.05, 4.69) is 4.74 Å². The standard InChI is InChI=1S/C12H12O4/c1-8(13)6-11(14)9-4-3-5-10(7-9)12(15)16-2/h3-5,7H,6H2,1-2H3. The van der Waals surface area contributed by atoms with E-state index in [1.165, 1.54) is 20.1 Å². The van der Waals surface area contributed by atoms with Gasteiger partial charge in [-0.05, 0) is 19.1 Å². The van der Waals surface area contributed by atoms with Crippen molar-refractivity contribution in [2.45, 2.75) is 13.3 Å². The first-order valence-electron chi connectivity index (χ1n) is 4.75. The molecule has 0 spiro atoms. The number of rotatable bonds is 4. The van der Waals surface area contributed by atoms with Crippen molar-refractivity contribution in [2.75, 3.05) is 7.11 Å². The molecule has 0 aromatic heterocycles. The minimum Gasteiger partial charge on any atom is -0.465 e. The molecule has 0 atom stereocenters. The zero-order chi connectivity index (χ0) is 12.1. The van der Waals surface area contributed by atoms with Crippen LogP contribution in [0.3, 0.4) is 0 Å². The molecule has 84 valence electrons. The minimum absolute atomic E-state index is 0.148. The summed E-state index contributed by atoms with van der Waals surface area (Å²) in [4.78, 5) is 33.5. The molecule has 4 heteroatoms. The Morgan fingerprint density at radius 1 is 1.19 bits per heavy atom. The van der Waals surface area contributed by atoms with E-state index in [9.17, 15) is 14.4 Å².